The van der Waals surface area contributed by atoms with Gasteiger partial charge in [0.2, 0.25) is 11.8 Å². The first kappa shape index (κ1) is 22.4. The maximum Gasteiger partial charge on any atom is 0.338 e. The standard InChI is InChI=1S/C25H20N2O5S2/c1-2-32-24(30)15-9-11-16(12-10-15)27-22(28)18-17(13-8-14-6-4-3-5-7-14)19-21(26-25(31)34-19)33-20(18)23(27)29/h3-13,17-18,20H,2H2,1H3,(H,26,31)/b13-8+/t17-,18+,20-/m0/s1. The molecule has 172 valence electrons. The molecule has 2 aromatic carbocycles. The molecule has 2 aliphatic heterocycles. The van der Waals surface area contributed by atoms with Crippen LogP contribution in [-0.4, -0.2) is 34.6 Å². The van der Waals surface area contributed by atoms with Crippen molar-refractivity contribution in [3.63, 3.8) is 0 Å². The van der Waals surface area contributed by atoms with E-state index >= 15 is 0 Å². The van der Waals surface area contributed by atoms with Gasteiger partial charge >= 0.3 is 10.8 Å². The lowest BCUT2D eigenvalue weighted by molar-refractivity contribution is -0.122. The number of carbonyl (C=O) groups is 3. The minimum absolute atomic E-state index is 0.207. The number of ether oxygens (including phenoxy) is 1. The van der Waals surface area contributed by atoms with Gasteiger partial charge in [0.05, 0.1) is 28.8 Å². The van der Waals surface area contributed by atoms with E-state index in [1.54, 1.807) is 31.2 Å². The van der Waals surface area contributed by atoms with Crippen LogP contribution >= 0.6 is 23.1 Å². The number of hydrogen-bond acceptors (Lipinski definition) is 7. The number of hydrogen-bond donors (Lipinski definition) is 1. The van der Waals surface area contributed by atoms with Crippen molar-refractivity contribution in [2.45, 2.75) is 23.1 Å². The van der Waals surface area contributed by atoms with Crippen LogP contribution in [0.15, 0.2) is 70.5 Å². The highest BCUT2D eigenvalue weighted by Crippen LogP contribution is 2.51. The number of allylic oxidation sites excluding steroid dienone is 1. The Kier molecular flexibility index (Phi) is 5.97. The number of benzene rings is 2. The Morgan fingerprint density at radius 1 is 1.06 bits per heavy atom. The third kappa shape index (κ3) is 3.91. The lowest BCUT2D eigenvalue weighted by atomic mass is 9.88. The molecule has 1 saturated heterocycles. The minimum atomic E-state index is -0.652. The number of esters is 1. The molecule has 0 aliphatic carbocycles. The zero-order valence-electron chi connectivity index (χ0n) is 18.1. The van der Waals surface area contributed by atoms with Crippen LogP contribution in [0.5, 0.6) is 0 Å². The maximum absolute atomic E-state index is 13.6. The van der Waals surface area contributed by atoms with Gasteiger partial charge in [0, 0.05) is 10.8 Å². The highest BCUT2D eigenvalue weighted by molar-refractivity contribution is 8.00. The van der Waals surface area contributed by atoms with Gasteiger partial charge in [0.15, 0.2) is 0 Å². The summed E-state index contributed by atoms with van der Waals surface area (Å²) in [5.74, 6) is -2.16. The minimum Gasteiger partial charge on any atom is -0.462 e. The van der Waals surface area contributed by atoms with Gasteiger partial charge in [-0.05, 0) is 36.8 Å². The molecule has 0 radical (unpaired) electrons. The summed E-state index contributed by atoms with van der Waals surface area (Å²) >= 11 is 2.31. The number of H-pyrrole nitrogens is 1. The number of anilines is 1. The van der Waals surface area contributed by atoms with E-state index in [1.165, 1.54) is 16.7 Å². The molecule has 0 unspecified atom stereocenters. The molecule has 0 bridgehead atoms. The van der Waals surface area contributed by atoms with Crippen LogP contribution in [0.3, 0.4) is 0 Å². The Morgan fingerprint density at radius 3 is 2.50 bits per heavy atom. The smallest absolute Gasteiger partial charge is 0.338 e. The number of nitrogens with one attached hydrogen (secondary N) is 1. The first-order valence-electron chi connectivity index (χ1n) is 10.8. The van der Waals surface area contributed by atoms with Crippen molar-refractivity contribution in [2.24, 2.45) is 5.92 Å². The first-order chi connectivity index (χ1) is 16.5. The Hall–Kier alpha value is -3.43. The molecule has 1 fully saturated rings. The van der Waals surface area contributed by atoms with Gasteiger partial charge in [0.1, 0.15) is 5.25 Å². The second kappa shape index (κ2) is 9.08. The third-order valence-corrected chi connectivity index (χ3v) is 8.22. The van der Waals surface area contributed by atoms with Crippen LogP contribution in [0.1, 0.15) is 33.6 Å². The molecule has 7 nitrogen and oxygen atoms in total. The Labute approximate surface area is 203 Å². The van der Waals surface area contributed by atoms with E-state index in [-0.39, 0.29) is 23.3 Å². The number of rotatable bonds is 5. The average Bonchev–Trinajstić information content (AvgIpc) is 3.34. The van der Waals surface area contributed by atoms with E-state index in [4.69, 9.17) is 4.74 Å². The highest BCUT2D eigenvalue weighted by Gasteiger charge is 2.55. The van der Waals surface area contributed by atoms with Crippen molar-refractivity contribution in [1.82, 2.24) is 4.98 Å². The zero-order valence-corrected chi connectivity index (χ0v) is 19.7. The van der Waals surface area contributed by atoms with E-state index in [2.05, 4.69) is 4.98 Å². The number of carbonyl (C=O) groups excluding carboxylic acids is 3. The van der Waals surface area contributed by atoms with Crippen LogP contribution in [0, 0.1) is 5.92 Å². The second-order valence-corrected chi connectivity index (χ2v) is 10.0. The van der Waals surface area contributed by atoms with Gasteiger partial charge in [-0.15, -0.1) is 0 Å². The second-order valence-electron chi connectivity index (χ2n) is 7.85. The largest absolute Gasteiger partial charge is 0.462 e. The van der Waals surface area contributed by atoms with Crippen molar-refractivity contribution >= 4 is 52.6 Å². The van der Waals surface area contributed by atoms with E-state index in [9.17, 15) is 19.2 Å². The van der Waals surface area contributed by atoms with Crippen molar-refractivity contribution in [3.8, 4) is 0 Å². The van der Waals surface area contributed by atoms with Gasteiger partial charge in [-0.2, -0.15) is 0 Å². The normalized spacial score (nSPS) is 21.6. The molecule has 2 amide bonds. The highest BCUT2D eigenvalue weighted by atomic mass is 32.2. The number of aromatic amines is 1. The molecule has 3 aromatic rings. The Bertz CT molecular complexity index is 1340. The third-order valence-electron chi connectivity index (χ3n) is 5.80. The van der Waals surface area contributed by atoms with Crippen LogP contribution in [0.2, 0.25) is 0 Å². The molecular weight excluding hydrogens is 472 g/mol. The van der Waals surface area contributed by atoms with Crippen molar-refractivity contribution in [2.75, 3.05) is 11.5 Å². The van der Waals surface area contributed by atoms with Crippen LogP contribution < -0.4 is 9.77 Å². The van der Waals surface area contributed by atoms with Crippen LogP contribution in [-0.2, 0) is 14.3 Å². The van der Waals surface area contributed by atoms with Gasteiger partial charge < -0.3 is 9.72 Å². The number of nitrogens with zero attached hydrogens (tertiary/aromatic N) is 1. The van der Waals surface area contributed by atoms with Crippen molar-refractivity contribution in [3.05, 3.63) is 86.3 Å². The molecule has 0 spiro atoms. The molecule has 1 aromatic heterocycles. The van der Waals surface area contributed by atoms with Crippen molar-refractivity contribution in [1.29, 1.82) is 0 Å². The SMILES string of the molecule is CCOC(=O)c1ccc(N2C(=O)[C@H]3[C@H](Sc4[nH]c(=O)sc4[C@H]3/C=C/c3ccccc3)C2=O)cc1. The van der Waals surface area contributed by atoms with Gasteiger partial charge in [-0.25, -0.2) is 9.69 Å². The fourth-order valence-electron chi connectivity index (χ4n) is 4.26. The first-order valence-corrected chi connectivity index (χ1v) is 12.5. The van der Waals surface area contributed by atoms with E-state index in [0.29, 0.717) is 16.3 Å². The maximum atomic E-state index is 13.6. The quantitative estimate of drug-likeness (QED) is 0.426. The zero-order chi connectivity index (χ0) is 23.8. The molecule has 5 rings (SSSR count). The number of aromatic nitrogens is 1. The number of thiazole rings is 1. The Balaban J connectivity index is 1.50. The molecular formula is C25H20N2O5S2. The molecule has 3 atom stereocenters. The summed E-state index contributed by atoms with van der Waals surface area (Å²) in [6, 6.07) is 15.9. The Morgan fingerprint density at radius 2 is 1.79 bits per heavy atom. The average molecular weight is 493 g/mol. The number of imide groups is 1. The molecule has 0 saturated carbocycles. The lowest BCUT2D eigenvalue weighted by Crippen LogP contribution is -2.31. The summed E-state index contributed by atoms with van der Waals surface area (Å²) in [6.07, 6.45) is 3.83. The van der Waals surface area contributed by atoms with Crippen molar-refractivity contribution < 1.29 is 19.1 Å². The molecule has 9 heteroatoms. The van der Waals surface area contributed by atoms with Gasteiger partial charge in [0.25, 0.3) is 0 Å². The number of thioether (sulfide) groups is 1. The summed E-state index contributed by atoms with van der Waals surface area (Å²) in [6.45, 7) is 1.98. The van der Waals surface area contributed by atoms with E-state index < -0.39 is 23.1 Å². The van der Waals surface area contributed by atoms with Gasteiger partial charge in [-0.3, -0.25) is 14.4 Å². The number of fused-ring (bicyclic) bond motifs is 2. The number of amides is 2. The topological polar surface area (TPSA) is 96.5 Å². The molecule has 1 N–H and O–H groups in total. The van der Waals surface area contributed by atoms with E-state index in [1.807, 2.05) is 42.5 Å². The summed E-state index contributed by atoms with van der Waals surface area (Å²) in [4.78, 5) is 55.6. The summed E-state index contributed by atoms with van der Waals surface area (Å²) in [7, 11) is 0. The fourth-order valence-corrected chi connectivity index (χ4v) is 6.75. The molecule has 3 heterocycles. The van der Waals surface area contributed by atoms with E-state index in [0.717, 1.165) is 21.8 Å². The monoisotopic (exact) mass is 492 g/mol. The fraction of sp³-hybridized carbons (Fsp3) is 0.200. The van der Waals surface area contributed by atoms with Crippen LogP contribution in [0.25, 0.3) is 6.08 Å². The predicted molar refractivity (Wildman–Crippen MR) is 131 cm³/mol. The van der Waals surface area contributed by atoms with Crippen LogP contribution in [0.4, 0.5) is 5.69 Å². The molecule has 34 heavy (non-hydrogen) atoms. The predicted octanol–water partition coefficient (Wildman–Crippen LogP) is 4.07. The molecule has 2 aliphatic rings. The van der Waals surface area contributed by atoms with Gasteiger partial charge in [-0.1, -0.05) is 65.6 Å². The summed E-state index contributed by atoms with van der Waals surface area (Å²) < 4.78 is 5.00. The summed E-state index contributed by atoms with van der Waals surface area (Å²) in [5, 5.41) is -0.0139. The lowest BCUT2D eigenvalue weighted by Gasteiger charge is -2.27. The summed E-state index contributed by atoms with van der Waals surface area (Å²) in [5.41, 5.74) is 1.71.